The van der Waals surface area contributed by atoms with E-state index in [1.165, 1.54) is 32.9 Å². The van der Waals surface area contributed by atoms with Crippen molar-refractivity contribution in [1.29, 1.82) is 0 Å². The molecule has 0 unspecified atom stereocenters. The second kappa shape index (κ2) is 13.2. The highest BCUT2D eigenvalue weighted by molar-refractivity contribution is 9.10. The van der Waals surface area contributed by atoms with E-state index in [0.717, 1.165) is 10.0 Å². The molecule has 1 saturated heterocycles. The molecule has 1 aliphatic rings. The van der Waals surface area contributed by atoms with E-state index < -0.39 is 26.0 Å². The summed E-state index contributed by atoms with van der Waals surface area (Å²) in [5.41, 5.74) is 1.65. The molecule has 0 atom stereocenters. The molecule has 1 fully saturated rings. The Labute approximate surface area is 238 Å². The highest BCUT2D eigenvalue weighted by Crippen LogP contribution is 2.20. The van der Waals surface area contributed by atoms with Crippen molar-refractivity contribution in [3.8, 4) is 0 Å². The van der Waals surface area contributed by atoms with Gasteiger partial charge in [-0.05, 0) is 53.9 Å². The van der Waals surface area contributed by atoms with Gasteiger partial charge in [-0.15, -0.1) is 0 Å². The molecule has 9 nitrogen and oxygen atoms in total. The highest BCUT2D eigenvalue weighted by Gasteiger charge is 2.27. The molecule has 208 valence electrons. The first-order valence-electron chi connectivity index (χ1n) is 12.4. The molecule has 0 bridgehead atoms. The van der Waals surface area contributed by atoms with Crippen molar-refractivity contribution in [3.05, 3.63) is 94.5 Å². The van der Waals surface area contributed by atoms with Gasteiger partial charge in [0.1, 0.15) is 0 Å². The van der Waals surface area contributed by atoms with E-state index >= 15 is 0 Å². The number of rotatable bonds is 11. The number of amides is 1. The molecule has 39 heavy (non-hydrogen) atoms. The van der Waals surface area contributed by atoms with Gasteiger partial charge < -0.3 is 10.1 Å². The number of nitrogens with one attached hydrogen (secondary N) is 1. The lowest BCUT2D eigenvalue weighted by Crippen LogP contribution is -2.41. The van der Waals surface area contributed by atoms with Gasteiger partial charge in [0.05, 0.1) is 29.5 Å². The van der Waals surface area contributed by atoms with Crippen LogP contribution in [0.2, 0.25) is 0 Å². The van der Waals surface area contributed by atoms with Crippen molar-refractivity contribution < 1.29 is 26.4 Å². The van der Waals surface area contributed by atoms with Crippen molar-refractivity contribution in [3.63, 3.8) is 0 Å². The Kier molecular flexibility index (Phi) is 9.91. The first-order valence-corrected chi connectivity index (χ1v) is 16.1. The van der Waals surface area contributed by atoms with Crippen molar-refractivity contribution >= 4 is 41.9 Å². The largest absolute Gasteiger partial charge is 0.379 e. The molecule has 0 aromatic heterocycles. The maximum atomic E-state index is 13.4. The van der Waals surface area contributed by atoms with Gasteiger partial charge in [-0.2, -0.15) is 8.61 Å². The summed E-state index contributed by atoms with van der Waals surface area (Å²) in [5, 5.41) is 2.75. The van der Waals surface area contributed by atoms with Gasteiger partial charge in [0.15, 0.2) is 0 Å². The quantitative estimate of drug-likeness (QED) is 0.347. The molecule has 12 heteroatoms. The molecule has 0 saturated carbocycles. The molecule has 1 heterocycles. The minimum absolute atomic E-state index is 0.101. The Morgan fingerprint density at radius 1 is 0.846 bits per heavy atom. The van der Waals surface area contributed by atoms with Crippen LogP contribution in [-0.2, 0) is 42.5 Å². The molecule has 0 spiro atoms. The lowest BCUT2D eigenvalue weighted by molar-refractivity contribution is -0.121. The summed E-state index contributed by atoms with van der Waals surface area (Å²) in [7, 11) is -7.54. The number of carbonyl (C=O) groups is 1. The molecule has 3 aromatic carbocycles. The van der Waals surface area contributed by atoms with E-state index in [9.17, 15) is 21.6 Å². The Hall–Kier alpha value is -2.61. The lowest BCUT2D eigenvalue weighted by Gasteiger charge is -2.26. The predicted octanol–water partition coefficient (Wildman–Crippen LogP) is 3.02. The second-order valence-corrected chi connectivity index (χ2v) is 13.8. The van der Waals surface area contributed by atoms with Gasteiger partial charge in [-0.25, -0.2) is 16.8 Å². The topological polar surface area (TPSA) is 113 Å². The van der Waals surface area contributed by atoms with Crippen LogP contribution in [0.1, 0.15) is 11.1 Å². The molecule has 3 aromatic rings. The summed E-state index contributed by atoms with van der Waals surface area (Å²) in [6.07, 6.45) is 0.447. The molecular weight excluding hydrogens is 606 g/mol. The standard InChI is InChI=1S/C27H30BrN3O6S2/c28-24-8-12-26(13-9-24)39(35,36)31(15-14-22-4-2-1-3-5-22)21-27(32)29-20-23-6-10-25(11-7-23)38(33,34)30-16-18-37-19-17-30/h1-13H,14-21H2,(H,29,32). The van der Waals surface area contributed by atoms with E-state index in [1.54, 1.807) is 24.3 Å². The minimum atomic E-state index is -3.93. The Balaban J connectivity index is 1.41. The van der Waals surface area contributed by atoms with Crippen molar-refractivity contribution in [1.82, 2.24) is 13.9 Å². The highest BCUT2D eigenvalue weighted by atomic mass is 79.9. The van der Waals surface area contributed by atoms with E-state index in [2.05, 4.69) is 21.2 Å². The van der Waals surface area contributed by atoms with Crippen LogP contribution in [-0.4, -0.2) is 70.7 Å². The number of nitrogens with zero attached hydrogens (tertiary/aromatic N) is 2. The van der Waals surface area contributed by atoms with Gasteiger partial charge in [-0.3, -0.25) is 4.79 Å². The molecule has 1 amide bonds. The summed E-state index contributed by atoms with van der Waals surface area (Å²) >= 11 is 3.32. The number of morpholine rings is 1. The average Bonchev–Trinajstić information content (AvgIpc) is 2.95. The summed E-state index contributed by atoms with van der Waals surface area (Å²) in [6.45, 7) is 1.25. The Morgan fingerprint density at radius 2 is 1.46 bits per heavy atom. The maximum absolute atomic E-state index is 13.4. The number of ether oxygens (including phenoxy) is 1. The minimum Gasteiger partial charge on any atom is -0.379 e. The SMILES string of the molecule is O=C(CN(CCc1ccccc1)S(=O)(=O)c1ccc(Br)cc1)NCc1ccc(S(=O)(=O)N2CCOCC2)cc1. The van der Waals surface area contributed by atoms with Crippen LogP contribution < -0.4 is 5.32 Å². The van der Waals surface area contributed by atoms with E-state index in [-0.39, 0.29) is 29.4 Å². The zero-order valence-electron chi connectivity index (χ0n) is 21.2. The van der Waals surface area contributed by atoms with Crippen LogP contribution in [0, 0.1) is 0 Å². The first kappa shape index (κ1) is 29.4. The lowest BCUT2D eigenvalue weighted by atomic mass is 10.1. The number of carbonyl (C=O) groups excluding carboxylic acids is 1. The molecule has 1 aliphatic heterocycles. The number of benzene rings is 3. The fraction of sp³-hybridized carbons (Fsp3) is 0.296. The van der Waals surface area contributed by atoms with E-state index in [0.29, 0.717) is 38.3 Å². The van der Waals surface area contributed by atoms with Crippen LogP contribution in [0.25, 0.3) is 0 Å². The number of hydrogen-bond donors (Lipinski definition) is 1. The fourth-order valence-electron chi connectivity index (χ4n) is 4.07. The van der Waals surface area contributed by atoms with Gasteiger partial charge in [0.25, 0.3) is 0 Å². The zero-order chi connectivity index (χ0) is 27.9. The van der Waals surface area contributed by atoms with E-state index in [1.807, 2.05) is 30.3 Å². The molecular formula is C27H30BrN3O6S2. The van der Waals surface area contributed by atoms with Crippen LogP contribution in [0.3, 0.4) is 0 Å². The van der Waals surface area contributed by atoms with Crippen molar-refractivity contribution in [2.75, 3.05) is 39.4 Å². The second-order valence-electron chi connectivity index (χ2n) is 8.97. The predicted molar refractivity (Wildman–Crippen MR) is 151 cm³/mol. The Bertz CT molecular complexity index is 1460. The van der Waals surface area contributed by atoms with Crippen LogP contribution in [0.15, 0.2) is 93.1 Å². The molecule has 1 N–H and O–H groups in total. The van der Waals surface area contributed by atoms with E-state index in [4.69, 9.17) is 4.74 Å². The van der Waals surface area contributed by atoms with Crippen LogP contribution in [0.5, 0.6) is 0 Å². The third kappa shape index (κ3) is 7.74. The van der Waals surface area contributed by atoms with Crippen LogP contribution >= 0.6 is 15.9 Å². The number of hydrogen-bond acceptors (Lipinski definition) is 6. The third-order valence-electron chi connectivity index (χ3n) is 6.28. The first-order chi connectivity index (χ1) is 18.7. The zero-order valence-corrected chi connectivity index (χ0v) is 24.4. The molecule has 0 radical (unpaired) electrons. The summed E-state index contributed by atoms with van der Waals surface area (Å²) in [6, 6.07) is 22.1. The summed E-state index contributed by atoms with van der Waals surface area (Å²) in [5.74, 6) is -0.464. The van der Waals surface area contributed by atoms with Crippen molar-refractivity contribution in [2.24, 2.45) is 0 Å². The average molecular weight is 637 g/mol. The summed E-state index contributed by atoms with van der Waals surface area (Å²) in [4.78, 5) is 13.1. The monoisotopic (exact) mass is 635 g/mol. The van der Waals surface area contributed by atoms with Gasteiger partial charge in [-0.1, -0.05) is 58.4 Å². The van der Waals surface area contributed by atoms with Crippen molar-refractivity contribution in [2.45, 2.75) is 22.8 Å². The maximum Gasteiger partial charge on any atom is 0.243 e. The molecule has 4 rings (SSSR count). The van der Waals surface area contributed by atoms with Gasteiger partial charge >= 0.3 is 0 Å². The Morgan fingerprint density at radius 3 is 2.10 bits per heavy atom. The third-order valence-corrected chi connectivity index (χ3v) is 10.6. The number of sulfonamides is 2. The smallest absolute Gasteiger partial charge is 0.243 e. The van der Waals surface area contributed by atoms with Crippen LogP contribution in [0.4, 0.5) is 0 Å². The summed E-state index contributed by atoms with van der Waals surface area (Å²) < 4.78 is 61.0. The number of halogens is 1. The molecule has 0 aliphatic carbocycles. The fourth-order valence-corrected chi connectivity index (χ4v) is 7.14. The van der Waals surface area contributed by atoms with Gasteiger partial charge in [0, 0.05) is 30.7 Å². The van der Waals surface area contributed by atoms with Gasteiger partial charge in [0.2, 0.25) is 26.0 Å². The normalized spacial score (nSPS) is 14.8.